The lowest BCUT2D eigenvalue weighted by molar-refractivity contribution is 0.0995. The van der Waals surface area contributed by atoms with E-state index in [1.807, 2.05) is 19.1 Å². The molecule has 25 heavy (non-hydrogen) atoms. The standard InChI is InChI=1S/C16H14N4O4S/c1-9-2-7-13-12(8-9)14(16(22)18-13)19-20-15(21)10-3-5-11(6-4-10)25(17,23)24/h2-8,18,22H,1H3,(H2,17,23,24). The van der Waals surface area contributed by atoms with Crippen LogP contribution in [0, 0.1) is 6.92 Å². The van der Waals surface area contributed by atoms with E-state index in [0.29, 0.717) is 10.9 Å². The number of nitrogens with zero attached hydrogens (tertiary/aromatic N) is 2. The number of rotatable bonds is 3. The third-order valence-corrected chi connectivity index (χ3v) is 4.51. The lowest BCUT2D eigenvalue weighted by Gasteiger charge is -1.99. The number of aromatic amines is 1. The van der Waals surface area contributed by atoms with E-state index < -0.39 is 15.9 Å². The molecule has 3 rings (SSSR count). The van der Waals surface area contributed by atoms with Crippen molar-refractivity contribution >= 4 is 32.5 Å². The van der Waals surface area contributed by atoms with E-state index in [1.54, 1.807) is 6.07 Å². The quantitative estimate of drug-likeness (QED) is 0.620. The Balaban J connectivity index is 1.91. The van der Waals surface area contributed by atoms with Crippen molar-refractivity contribution < 1.29 is 18.3 Å². The van der Waals surface area contributed by atoms with E-state index in [-0.39, 0.29) is 22.0 Å². The van der Waals surface area contributed by atoms with E-state index in [9.17, 15) is 18.3 Å². The number of carbonyl (C=O) groups is 1. The predicted octanol–water partition coefficient (Wildman–Crippen LogP) is 2.75. The normalized spacial score (nSPS) is 12.1. The summed E-state index contributed by atoms with van der Waals surface area (Å²) in [5.41, 5.74) is 1.94. The third-order valence-electron chi connectivity index (χ3n) is 3.58. The highest BCUT2D eigenvalue weighted by Crippen LogP contribution is 2.35. The van der Waals surface area contributed by atoms with Crippen molar-refractivity contribution in [1.82, 2.24) is 4.98 Å². The van der Waals surface area contributed by atoms with Gasteiger partial charge in [-0.1, -0.05) is 11.6 Å². The Bertz CT molecular complexity index is 1100. The zero-order chi connectivity index (χ0) is 18.2. The fraction of sp³-hybridized carbons (Fsp3) is 0.0625. The topological polar surface area (TPSA) is 138 Å². The van der Waals surface area contributed by atoms with Gasteiger partial charge in [0, 0.05) is 10.9 Å². The summed E-state index contributed by atoms with van der Waals surface area (Å²) in [4.78, 5) is 14.7. The van der Waals surface area contributed by atoms with Gasteiger partial charge in [0.05, 0.1) is 10.4 Å². The molecule has 0 atom stereocenters. The second-order valence-electron chi connectivity index (χ2n) is 5.45. The van der Waals surface area contributed by atoms with Gasteiger partial charge in [-0.25, -0.2) is 13.6 Å². The second kappa shape index (κ2) is 6.11. The van der Waals surface area contributed by atoms with Gasteiger partial charge >= 0.3 is 0 Å². The molecule has 0 radical (unpaired) electrons. The minimum atomic E-state index is -3.83. The van der Waals surface area contributed by atoms with Crippen molar-refractivity contribution in [3.8, 4) is 5.88 Å². The van der Waals surface area contributed by atoms with Gasteiger partial charge in [0.25, 0.3) is 5.91 Å². The molecule has 0 saturated carbocycles. The van der Waals surface area contributed by atoms with Crippen LogP contribution in [0.5, 0.6) is 5.88 Å². The van der Waals surface area contributed by atoms with Crippen molar-refractivity contribution in [3.05, 3.63) is 53.6 Å². The van der Waals surface area contributed by atoms with Gasteiger partial charge in [0.2, 0.25) is 15.9 Å². The summed E-state index contributed by atoms with van der Waals surface area (Å²) < 4.78 is 22.4. The molecule has 0 bridgehead atoms. The number of nitrogens with one attached hydrogen (secondary N) is 1. The van der Waals surface area contributed by atoms with Crippen LogP contribution < -0.4 is 5.14 Å². The number of hydrogen-bond donors (Lipinski definition) is 3. The first kappa shape index (κ1) is 16.8. The molecule has 0 aliphatic rings. The molecular formula is C16H14N4O4S. The number of nitrogens with two attached hydrogens (primary N) is 1. The number of aryl methyl sites for hydroxylation is 1. The van der Waals surface area contributed by atoms with Crippen molar-refractivity contribution in [2.45, 2.75) is 11.8 Å². The Morgan fingerprint density at radius 2 is 1.84 bits per heavy atom. The van der Waals surface area contributed by atoms with Gasteiger partial charge in [0.1, 0.15) is 0 Å². The molecular weight excluding hydrogens is 344 g/mol. The van der Waals surface area contributed by atoms with Crippen LogP contribution in [-0.4, -0.2) is 24.4 Å². The number of azo groups is 1. The second-order valence-corrected chi connectivity index (χ2v) is 7.01. The fourth-order valence-electron chi connectivity index (χ4n) is 2.32. The summed E-state index contributed by atoms with van der Waals surface area (Å²) in [5, 5.41) is 23.0. The van der Waals surface area contributed by atoms with Gasteiger partial charge in [0.15, 0.2) is 5.69 Å². The van der Waals surface area contributed by atoms with Crippen LogP contribution in [0.15, 0.2) is 57.6 Å². The highest BCUT2D eigenvalue weighted by atomic mass is 32.2. The van der Waals surface area contributed by atoms with Crippen molar-refractivity contribution in [3.63, 3.8) is 0 Å². The van der Waals surface area contributed by atoms with E-state index in [4.69, 9.17) is 5.14 Å². The first-order valence-corrected chi connectivity index (χ1v) is 8.70. The lowest BCUT2D eigenvalue weighted by atomic mass is 10.1. The van der Waals surface area contributed by atoms with E-state index in [1.165, 1.54) is 24.3 Å². The lowest BCUT2D eigenvalue weighted by Crippen LogP contribution is -2.12. The first-order chi connectivity index (χ1) is 11.8. The Kier molecular flexibility index (Phi) is 4.11. The molecule has 0 saturated heterocycles. The van der Waals surface area contributed by atoms with E-state index >= 15 is 0 Å². The number of primary sulfonamides is 1. The molecule has 128 valence electrons. The first-order valence-electron chi connectivity index (χ1n) is 7.16. The van der Waals surface area contributed by atoms with Crippen LogP contribution in [0.2, 0.25) is 0 Å². The maximum atomic E-state index is 12.1. The molecule has 0 spiro atoms. The Morgan fingerprint density at radius 1 is 1.16 bits per heavy atom. The van der Waals surface area contributed by atoms with Crippen LogP contribution in [0.1, 0.15) is 15.9 Å². The Hall–Kier alpha value is -3.04. The number of sulfonamides is 1. The van der Waals surface area contributed by atoms with E-state index in [0.717, 1.165) is 5.56 Å². The molecule has 0 unspecified atom stereocenters. The Labute approximate surface area is 143 Å². The van der Waals surface area contributed by atoms with Crippen LogP contribution in [0.3, 0.4) is 0 Å². The van der Waals surface area contributed by atoms with Crippen LogP contribution >= 0.6 is 0 Å². The third kappa shape index (κ3) is 3.42. The van der Waals surface area contributed by atoms with E-state index in [2.05, 4.69) is 15.2 Å². The number of hydrogen-bond acceptors (Lipinski definition) is 5. The molecule has 8 nitrogen and oxygen atoms in total. The zero-order valence-electron chi connectivity index (χ0n) is 13.1. The summed E-state index contributed by atoms with van der Waals surface area (Å²) in [6.45, 7) is 1.89. The highest BCUT2D eigenvalue weighted by molar-refractivity contribution is 7.89. The van der Waals surface area contributed by atoms with Gasteiger partial charge < -0.3 is 10.1 Å². The predicted molar refractivity (Wildman–Crippen MR) is 91.4 cm³/mol. The van der Waals surface area contributed by atoms with Crippen molar-refractivity contribution in [2.24, 2.45) is 15.4 Å². The van der Waals surface area contributed by atoms with Crippen LogP contribution in [-0.2, 0) is 10.0 Å². The minimum absolute atomic E-state index is 0.106. The number of fused-ring (bicyclic) bond motifs is 1. The van der Waals surface area contributed by atoms with Gasteiger partial charge in [-0.05, 0) is 43.3 Å². The zero-order valence-corrected chi connectivity index (χ0v) is 13.9. The maximum Gasteiger partial charge on any atom is 0.295 e. The molecule has 0 aliphatic carbocycles. The molecule has 1 amide bonds. The summed E-state index contributed by atoms with van der Waals surface area (Å²) in [7, 11) is -3.83. The molecule has 0 fully saturated rings. The molecule has 2 aromatic carbocycles. The van der Waals surface area contributed by atoms with Crippen LogP contribution in [0.4, 0.5) is 5.69 Å². The summed E-state index contributed by atoms with van der Waals surface area (Å²) in [5.74, 6) is -0.871. The molecule has 1 aromatic heterocycles. The maximum absolute atomic E-state index is 12.1. The molecule has 3 aromatic rings. The van der Waals surface area contributed by atoms with Gasteiger partial charge in [-0.2, -0.15) is 0 Å². The SMILES string of the molecule is Cc1ccc2[nH]c(O)c(N=NC(=O)c3ccc(S(N)(=O)=O)cc3)c2c1. The number of benzene rings is 2. The molecule has 1 heterocycles. The average molecular weight is 358 g/mol. The molecule has 0 aliphatic heterocycles. The Morgan fingerprint density at radius 3 is 2.48 bits per heavy atom. The van der Waals surface area contributed by atoms with Crippen molar-refractivity contribution in [2.75, 3.05) is 0 Å². The van der Waals surface area contributed by atoms with Crippen LogP contribution in [0.25, 0.3) is 10.9 Å². The fourth-order valence-corrected chi connectivity index (χ4v) is 2.83. The minimum Gasteiger partial charge on any atom is -0.493 e. The van der Waals surface area contributed by atoms with Crippen molar-refractivity contribution in [1.29, 1.82) is 0 Å². The highest BCUT2D eigenvalue weighted by Gasteiger charge is 2.13. The number of carbonyl (C=O) groups excluding carboxylic acids is 1. The number of aromatic nitrogens is 1. The number of amides is 1. The van der Waals surface area contributed by atoms with Gasteiger partial charge in [-0.15, -0.1) is 10.2 Å². The summed E-state index contributed by atoms with van der Waals surface area (Å²) in [6.07, 6.45) is 0. The smallest absolute Gasteiger partial charge is 0.295 e. The molecule has 4 N–H and O–H groups in total. The average Bonchev–Trinajstić information content (AvgIpc) is 2.86. The monoisotopic (exact) mass is 358 g/mol. The number of H-pyrrole nitrogens is 1. The summed E-state index contributed by atoms with van der Waals surface area (Å²) >= 11 is 0. The summed E-state index contributed by atoms with van der Waals surface area (Å²) in [6, 6.07) is 10.5. The largest absolute Gasteiger partial charge is 0.493 e. The van der Waals surface area contributed by atoms with Gasteiger partial charge in [-0.3, -0.25) is 4.79 Å². The molecule has 9 heteroatoms. The number of aromatic hydroxyl groups is 1.